The van der Waals surface area contributed by atoms with E-state index < -0.39 is 6.43 Å². The minimum absolute atomic E-state index is 0.0440. The van der Waals surface area contributed by atoms with Crippen LogP contribution < -0.4 is 0 Å². The standard InChI is InChI=1S/C9H5ClF2OS/c10-5-2-1-4(9(11)12)8-7(5)6(13)3-14-8/h1-3,9,13H. The highest BCUT2D eigenvalue weighted by atomic mass is 35.5. The second kappa shape index (κ2) is 3.37. The average Bonchev–Trinajstić information content (AvgIpc) is 2.49. The van der Waals surface area contributed by atoms with Gasteiger partial charge in [0.2, 0.25) is 0 Å². The van der Waals surface area contributed by atoms with E-state index in [1.165, 1.54) is 17.5 Å². The molecule has 0 fully saturated rings. The molecule has 1 aromatic carbocycles. The molecule has 0 aliphatic heterocycles. The Balaban J connectivity index is 2.83. The van der Waals surface area contributed by atoms with Gasteiger partial charge in [-0.15, -0.1) is 11.3 Å². The lowest BCUT2D eigenvalue weighted by molar-refractivity contribution is 0.153. The lowest BCUT2D eigenvalue weighted by Gasteiger charge is -2.02. The molecule has 0 amide bonds. The first-order chi connectivity index (χ1) is 6.61. The van der Waals surface area contributed by atoms with Crippen LogP contribution in [0.4, 0.5) is 8.78 Å². The zero-order chi connectivity index (χ0) is 10.3. The van der Waals surface area contributed by atoms with Crippen molar-refractivity contribution in [2.24, 2.45) is 0 Å². The van der Waals surface area contributed by atoms with Crippen LogP contribution in [-0.4, -0.2) is 5.11 Å². The summed E-state index contributed by atoms with van der Waals surface area (Å²) in [6, 6.07) is 2.66. The Morgan fingerprint density at radius 2 is 2.07 bits per heavy atom. The number of rotatable bonds is 1. The fourth-order valence-electron chi connectivity index (χ4n) is 1.29. The minimum Gasteiger partial charge on any atom is -0.506 e. The van der Waals surface area contributed by atoms with E-state index in [0.717, 1.165) is 11.3 Å². The van der Waals surface area contributed by atoms with Gasteiger partial charge in [0.1, 0.15) is 5.75 Å². The molecule has 0 aliphatic carbocycles. The van der Waals surface area contributed by atoms with Gasteiger partial charge in [-0.3, -0.25) is 0 Å². The molecule has 0 unspecified atom stereocenters. The van der Waals surface area contributed by atoms with Crippen LogP contribution in [0.2, 0.25) is 5.02 Å². The highest BCUT2D eigenvalue weighted by Crippen LogP contribution is 2.41. The number of halogens is 3. The molecule has 0 spiro atoms. The summed E-state index contributed by atoms with van der Waals surface area (Å²) in [5.74, 6) is -0.0440. The minimum atomic E-state index is -2.55. The number of hydrogen-bond acceptors (Lipinski definition) is 2. The van der Waals surface area contributed by atoms with E-state index in [1.807, 2.05) is 0 Å². The van der Waals surface area contributed by atoms with Crippen LogP contribution in [0.5, 0.6) is 5.75 Å². The van der Waals surface area contributed by atoms with Crippen LogP contribution in [-0.2, 0) is 0 Å². The summed E-state index contributed by atoms with van der Waals surface area (Å²) in [6.07, 6.45) is -2.55. The van der Waals surface area contributed by atoms with Gasteiger partial charge < -0.3 is 5.11 Å². The van der Waals surface area contributed by atoms with Crippen molar-refractivity contribution in [3.05, 3.63) is 28.1 Å². The summed E-state index contributed by atoms with van der Waals surface area (Å²) in [5, 5.41) is 11.4. The number of thiophene rings is 1. The number of aromatic hydroxyl groups is 1. The number of benzene rings is 1. The molecule has 1 heterocycles. The van der Waals surface area contributed by atoms with Crippen molar-refractivity contribution in [3.8, 4) is 5.75 Å². The second-order valence-corrected chi connectivity index (χ2v) is 4.05. The Bertz CT molecular complexity index is 481. The van der Waals surface area contributed by atoms with Crippen molar-refractivity contribution in [1.29, 1.82) is 0 Å². The first-order valence-electron chi connectivity index (χ1n) is 3.78. The first-order valence-corrected chi connectivity index (χ1v) is 5.03. The van der Waals surface area contributed by atoms with E-state index in [9.17, 15) is 13.9 Å². The van der Waals surface area contributed by atoms with Crippen LogP contribution in [0.1, 0.15) is 12.0 Å². The molecule has 74 valence electrons. The molecule has 0 atom stereocenters. The molecule has 2 rings (SSSR count). The van der Waals surface area contributed by atoms with E-state index in [0.29, 0.717) is 15.1 Å². The first kappa shape index (κ1) is 9.68. The number of alkyl halides is 2. The molecule has 1 aromatic heterocycles. The molecular formula is C9H5ClF2OS. The van der Waals surface area contributed by atoms with E-state index >= 15 is 0 Å². The summed E-state index contributed by atoms with van der Waals surface area (Å²) in [5.41, 5.74) is -0.0882. The third-order valence-electron chi connectivity index (χ3n) is 1.92. The summed E-state index contributed by atoms with van der Waals surface area (Å²) < 4.78 is 25.4. The van der Waals surface area contributed by atoms with Crippen molar-refractivity contribution < 1.29 is 13.9 Å². The van der Waals surface area contributed by atoms with Gasteiger partial charge in [0, 0.05) is 15.6 Å². The molecule has 0 aliphatic rings. The summed E-state index contributed by atoms with van der Waals surface area (Å²) in [6.45, 7) is 0. The van der Waals surface area contributed by atoms with Gasteiger partial charge in [-0.2, -0.15) is 0 Å². The van der Waals surface area contributed by atoms with Gasteiger partial charge >= 0.3 is 0 Å². The Hall–Kier alpha value is -0.870. The molecule has 5 heteroatoms. The van der Waals surface area contributed by atoms with Crippen LogP contribution in [0.25, 0.3) is 10.1 Å². The largest absolute Gasteiger partial charge is 0.506 e. The average molecular weight is 235 g/mol. The van der Waals surface area contributed by atoms with Crippen LogP contribution >= 0.6 is 22.9 Å². The maximum Gasteiger partial charge on any atom is 0.265 e. The zero-order valence-electron chi connectivity index (χ0n) is 6.80. The molecule has 0 saturated carbocycles. The molecule has 1 N–H and O–H groups in total. The van der Waals surface area contributed by atoms with Crippen molar-refractivity contribution >= 4 is 33.0 Å². The molecule has 1 nitrogen and oxygen atoms in total. The Kier molecular flexibility index (Phi) is 2.33. The van der Waals surface area contributed by atoms with Crippen molar-refractivity contribution in [2.75, 3.05) is 0 Å². The topological polar surface area (TPSA) is 20.2 Å². The third kappa shape index (κ3) is 1.35. The molecule has 0 saturated heterocycles. The maximum atomic E-state index is 12.5. The zero-order valence-corrected chi connectivity index (χ0v) is 8.37. The van der Waals surface area contributed by atoms with Gasteiger partial charge in [-0.25, -0.2) is 8.78 Å². The van der Waals surface area contributed by atoms with Crippen molar-refractivity contribution in [3.63, 3.8) is 0 Å². The molecular weight excluding hydrogens is 230 g/mol. The van der Waals surface area contributed by atoms with Gasteiger partial charge in [0.15, 0.2) is 0 Å². The fraction of sp³-hybridized carbons (Fsp3) is 0.111. The fourth-order valence-corrected chi connectivity index (χ4v) is 2.57. The van der Waals surface area contributed by atoms with Crippen molar-refractivity contribution in [1.82, 2.24) is 0 Å². The van der Waals surface area contributed by atoms with Crippen LogP contribution in [0, 0.1) is 0 Å². The van der Waals surface area contributed by atoms with E-state index in [4.69, 9.17) is 11.6 Å². The van der Waals surface area contributed by atoms with Crippen molar-refractivity contribution in [2.45, 2.75) is 6.43 Å². The van der Waals surface area contributed by atoms with Gasteiger partial charge in [-0.1, -0.05) is 17.7 Å². The highest BCUT2D eigenvalue weighted by molar-refractivity contribution is 7.17. The van der Waals surface area contributed by atoms with Gasteiger partial charge in [0.05, 0.1) is 10.4 Å². The molecule has 2 aromatic rings. The number of hydrogen-bond donors (Lipinski definition) is 1. The molecule has 0 radical (unpaired) electrons. The predicted molar refractivity (Wildman–Crippen MR) is 53.5 cm³/mol. The van der Waals surface area contributed by atoms with Crippen LogP contribution in [0.15, 0.2) is 17.5 Å². The van der Waals surface area contributed by atoms with E-state index in [-0.39, 0.29) is 11.3 Å². The third-order valence-corrected chi connectivity index (χ3v) is 3.25. The number of fused-ring (bicyclic) bond motifs is 1. The summed E-state index contributed by atoms with van der Waals surface area (Å²) in [4.78, 5) is 0. The van der Waals surface area contributed by atoms with Gasteiger partial charge in [-0.05, 0) is 6.07 Å². The van der Waals surface area contributed by atoms with E-state index in [1.54, 1.807) is 0 Å². The molecule has 14 heavy (non-hydrogen) atoms. The summed E-state index contributed by atoms with van der Waals surface area (Å²) >= 11 is 6.85. The smallest absolute Gasteiger partial charge is 0.265 e. The summed E-state index contributed by atoms with van der Waals surface area (Å²) in [7, 11) is 0. The molecule has 0 bridgehead atoms. The quantitative estimate of drug-likeness (QED) is 0.784. The SMILES string of the molecule is Oc1csc2c(C(F)F)ccc(Cl)c12. The van der Waals surface area contributed by atoms with E-state index in [2.05, 4.69) is 0 Å². The van der Waals surface area contributed by atoms with Crippen LogP contribution in [0.3, 0.4) is 0 Å². The van der Waals surface area contributed by atoms with Gasteiger partial charge in [0.25, 0.3) is 6.43 Å². The highest BCUT2D eigenvalue weighted by Gasteiger charge is 2.16. The normalized spacial score (nSPS) is 11.4. The lowest BCUT2D eigenvalue weighted by Crippen LogP contribution is -1.83. The Morgan fingerprint density at radius 1 is 1.36 bits per heavy atom. The second-order valence-electron chi connectivity index (χ2n) is 2.76. The monoisotopic (exact) mass is 234 g/mol. The lowest BCUT2D eigenvalue weighted by atomic mass is 10.1. The predicted octanol–water partition coefficient (Wildman–Crippen LogP) is 4.20. The maximum absolute atomic E-state index is 12.5. The Labute approximate surface area is 87.5 Å². The Morgan fingerprint density at radius 3 is 2.71 bits per heavy atom.